The lowest BCUT2D eigenvalue weighted by molar-refractivity contribution is 0.233. The maximum Gasteiger partial charge on any atom is 0.00981 e. The van der Waals surface area contributed by atoms with Crippen LogP contribution >= 0.6 is 0 Å². The van der Waals surface area contributed by atoms with E-state index in [0.29, 0.717) is 0 Å². The first-order valence-corrected chi connectivity index (χ1v) is 6.23. The third-order valence-corrected chi connectivity index (χ3v) is 4.06. The van der Waals surface area contributed by atoms with Crippen molar-refractivity contribution in [3.63, 3.8) is 0 Å². The van der Waals surface area contributed by atoms with Crippen molar-refractivity contribution < 1.29 is 0 Å². The van der Waals surface area contributed by atoms with E-state index in [0.717, 1.165) is 24.4 Å². The van der Waals surface area contributed by atoms with E-state index in [-0.39, 0.29) is 0 Å². The molecule has 14 heavy (non-hydrogen) atoms. The van der Waals surface area contributed by atoms with Gasteiger partial charge in [0, 0.05) is 12.6 Å². The molecule has 3 atom stereocenters. The lowest BCUT2D eigenvalue weighted by atomic mass is 10.0. The van der Waals surface area contributed by atoms with Crippen LogP contribution in [0, 0.1) is 11.8 Å². The van der Waals surface area contributed by atoms with E-state index in [1.807, 2.05) is 0 Å². The summed E-state index contributed by atoms with van der Waals surface area (Å²) < 4.78 is 0. The zero-order valence-electron chi connectivity index (χ0n) is 9.41. The van der Waals surface area contributed by atoms with Crippen LogP contribution in [0.2, 0.25) is 0 Å². The highest BCUT2D eigenvalue weighted by atomic mass is 15.2. The molecule has 0 aromatic heterocycles. The Morgan fingerprint density at radius 1 is 1.29 bits per heavy atom. The van der Waals surface area contributed by atoms with Crippen LogP contribution in [0.3, 0.4) is 0 Å². The predicted octanol–water partition coefficient (Wildman–Crippen LogP) is 1.85. The van der Waals surface area contributed by atoms with Crippen LogP contribution in [0.15, 0.2) is 0 Å². The molecule has 2 aliphatic rings. The van der Waals surface area contributed by atoms with Gasteiger partial charge in [0.15, 0.2) is 0 Å². The molecule has 3 unspecified atom stereocenters. The minimum absolute atomic E-state index is 0.883. The molecule has 2 rings (SSSR count). The van der Waals surface area contributed by atoms with Crippen molar-refractivity contribution in [3.8, 4) is 0 Å². The van der Waals surface area contributed by atoms with E-state index in [2.05, 4.69) is 11.8 Å². The van der Waals surface area contributed by atoms with Gasteiger partial charge < -0.3 is 10.6 Å². The van der Waals surface area contributed by atoms with Crippen molar-refractivity contribution in [1.29, 1.82) is 0 Å². The topological polar surface area (TPSA) is 29.3 Å². The largest absolute Gasteiger partial charge is 0.330 e. The van der Waals surface area contributed by atoms with Crippen LogP contribution in [-0.4, -0.2) is 30.6 Å². The van der Waals surface area contributed by atoms with Gasteiger partial charge in [0.2, 0.25) is 0 Å². The number of rotatable bonds is 3. The van der Waals surface area contributed by atoms with Crippen molar-refractivity contribution >= 4 is 0 Å². The average Bonchev–Trinajstić information content (AvgIpc) is 2.74. The van der Waals surface area contributed by atoms with Gasteiger partial charge in [-0.25, -0.2) is 0 Å². The molecule has 2 fully saturated rings. The van der Waals surface area contributed by atoms with Gasteiger partial charge in [-0.05, 0) is 57.0 Å². The molecule has 0 amide bonds. The highest BCUT2D eigenvalue weighted by Gasteiger charge is 2.31. The summed E-state index contributed by atoms with van der Waals surface area (Å²) in [7, 11) is 0. The molecule has 1 saturated heterocycles. The lowest BCUT2D eigenvalue weighted by Crippen LogP contribution is -2.31. The van der Waals surface area contributed by atoms with E-state index in [1.165, 1.54) is 45.2 Å². The molecule has 2 heteroatoms. The highest BCUT2D eigenvalue weighted by molar-refractivity contribution is 4.86. The van der Waals surface area contributed by atoms with Gasteiger partial charge in [-0.1, -0.05) is 6.92 Å². The van der Waals surface area contributed by atoms with Crippen LogP contribution in [0.4, 0.5) is 0 Å². The van der Waals surface area contributed by atoms with E-state index >= 15 is 0 Å². The second-order valence-electron chi connectivity index (χ2n) is 5.30. The Morgan fingerprint density at radius 3 is 2.79 bits per heavy atom. The molecule has 1 heterocycles. The predicted molar refractivity (Wildman–Crippen MR) is 60.2 cm³/mol. The lowest BCUT2D eigenvalue weighted by Gasteiger charge is -2.23. The van der Waals surface area contributed by atoms with E-state index < -0.39 is 0 Å². The van der Waals surface area contributed by atoms with Crippen molar-refractivity contribution in [2.45, 2.75) is 45.1 Å². The van der Waals surface area contributed by atoms with Crippen molar-refractivity contribution in [1.82, 2.24) is 4.90 Å². The zero-order chi connectivity index (χ0) is 9.97. The van der Waals surface area contributed by atoms with Gasteiger partial charge in [-0.2, -0.15) is 0 Å². The van der Waals surface area contributed by atoms with Crippen LogP contribution in [-0.2, 0) is 0 Å². The van der Waals surface area contributed by atoms with E-state index in [1.54, 1.807) is 0 Å². The molecule has 82 valence electrons. The summed E-state index contributed by atoms with van der Waals surface area (Å²) in [6, 6.07) is 0.900. The number of hydrogen-bond donors (Lipinski definition) is 1. The Labute approximate surface area is 87.8 Å². The van der Waals surface area contributed by atoms with Gasteiger partial charge in [-0.3, -0.25) is 0 Å². The average molecular weight is 196 g/mol. The van der Waals surface area contributed by atoms with Gasteiger partial charge in [0.1, 0.15) is 0 Å². The molecule has 0 radical (unpaired) electrons. The Morgan fingerprint density at radius 2 is 2.14 bits per heavy atom. The maximum atomic E-state index is 5.62. The molecular weight excluding hydrogens is 172 g/mol. The number of nitrogens with two attached hydrogens (primary N) is 1. The number of nitrogens with zero attached hydrogens (tertiary/aromatic N) is 1. The molecule has 2 nitrogen and oxygen atoms in total. The standard InChI is InChI=1S/C12H24N2/c1-10-5-7-14(9-10)12-3-2-11(8-12)4-6-13/h10-12H,2-9,13H2,1H3. The highest BCUT2D eigenvalue weighted by Crippen LogP contribution is 2.33. The van der Waals surface area contributed by atoms with Crippen LogP contribution in [0.1, 0.15) is 39.0 Å². The maximum absolute atomic E-state index is 5.62. The van der Waals surface area contributed by atoms with Crippen LogP contribution in [0.5, 0.6) is 0 Å². The molecule has 0 bridgehead atoms. The summed E-state index contributed by atoms with van der Waals surface area (Å²) in [6.45, 7) is 5.96. The fourth-order valence-electron chi connectivity index (χ4n) is 3.18. The van der Waals surface area contributed by atoms with Gasteiger partial charge >= 0.3 is 0 Å². The minimum atomic E-state index is 0.883. The second-order valence-corrected chi connectivity index (χ2v) is 5.30. The van der Waals surface area contributed by atoms with Crippen molar-refractivity contribution in [2.24, 2.45) is 17.6 Å². The quantitative estimate of drug-likeness (QED) is 0.746. The fourth-order valence-corrected chi connectivity index (χ4v) is 3.18. The summed E-state index contributed by atoms with van der Waals surface area (Å²) >= 11 is 0. The Bertz CT molecular complexity index is 181. The molecule has 1 saturated carbocycles. The molecular formula is C12H24N2. The van der Waals surface area contributed by atoms with Crippen molar-refractivity contribution in [3.05, 3.63) is 0 Å². The summed E-state index contributed by atoms with van der Waals surface area (Å²) in [6.07, 6.45) is 6.94. The molecule has 0 aromatic rings. The molecule has 1 aliphatic carbocycles. The molecule has 2 N–H and O–H groups in total. The van der Waals surface area contributed by atoms with Crippen LogP contribution in [0.25, 0.3) is 0 Å². The third-order valence-electron chi connectivity index (χ3n) is 4.06. The van der Waals surface area contributed by atoms with Gasteiger partial charge in [0.05, 0.1) is 0 Å². The van der Waals surface area contributed by atoms with Crippen molar-refractivity contribution in [2.75, 3.05) is 19.6 Å². The first kappa shape index (κ1) is 10.4. The van der Waals surface area contributed by atoms with Crippen LogP contribution < -0.4 is 5.73 Å². The molecule has 0 aromatic carbocycles. The van der Waals surface area contributed by atoms with E-state index in [4.69, 9.17) is 5.73 Å². The first-order chi connectivity index (χ1) is 6.79. The SMILES string of the molecule is CC1CCN(C2CCC(CCN)C2)C1. The minimum Gasteiger partial charge on any atom is -0.330 e. The second kappa shape index (κ2) is 4.63. The third kappa shape index (κ3) is 2.29. The van der Waals surface area contributed by atoms with E-state index in [9.17, 15) is 0 Å². The summed E-state index contributed by atoms with van der Waals surface area (Å²) in [5.41, 5.74) is 5.62. The van der Waals surface area contributed by atoms with Gasteiger partial charge in [0.25, 0.3) is 0 Å². The first-order valence-electron chi connectivity index (χ1n) is 6.23. The summed E-state index contributed by atoms with van der Waals surface area (Å²) in [4.78, 5) is 2.72. The Hall–Kier alpha value is -0.0800. The number of likely N-dealkylation sites (tertiary alicyclic amines) is 1. The molecule has 0 spiro atoms. The number of hydrogen-bond acceptors (Lipinski definition) is 2. The Kier molecular flexibility index (Phi) is 3.45. The normalized spacial score (nSPS) is 39.4. The molecule has 1 aliphatic heterocycles. The Balaban J connectivity index is 1.78. The fraction of sp³-hybridized carbons (Fsp3) is 1.00. The monoisotopic (exact) mass is 196 g/mol. The summed E-state index contributed by atoms with van der Waals surface area (Å²) in [5.74, 6) is 1.87. The summed E-state index contributed by atoms with van der Waals surface area (Å²) in [5, 5.41) is 0. The smallest absolute Gasteiger partial charge is 0.00981 e. The zero-order valence-corrected chi connectivity index (χ0v) is 9.41. The van der Waals surface area contributed by atoms with Gasteiger partial charge in [-0.15, -0.1) is 0 Å².